The van der Waals surface area contributed by atoms with Crippen LogP contribution in [0.25, 0.3) is 0 Å². The summed E-state index contributed by atoms with van der Waals surface area (Å²) in [7, 11) is 0. The lowest BCUT2D eigenvalue weighted by atomic mass is 9.76. The van der Waals surface area contributed by atoms with Gasteiger partial charge in [0.1, 0.15) is 12.5 Å². The highest BCUT2D eigenvalue weighted by Crippen LogP contribution is 2.42. The Kier molecular flexibility index (Phi) is 4.35. The van der Waals surface area contributed by atoms with Gasteiger partial charge in [0.25, 0.3) is 5.69 Å². The Hall–Kier alpha value is -3.03. The molecule has 130 valence electrons. The maximum Gasteiger partial charge on any atom is 0.337 e. The van der Waals surface area contributed by atoms with Crippen molar-refractivity contribution < 1.29 is 24.0 Å². The van der Waals surface area contributed by atoms with E-state index in [1.165, 1.54) is 18.2 Å². The molecule has 0 spiro atoms. The number of carbonyl (C=O) groups excluding carboxylic acids is 2. The second-order valence-corrected chi connectivity index (χ2v) is 5.75. The number of benzene rings is 1. The van der Waals surface area contributed by atoms with Crippen molar-refractivity contribution >= 4 is 23.3 Å². The van der Waals surface area contributed by atoms with Gasteiger partial charge in [-0.1, -0.05) is 12.1 Å². The Morgan fingerprint density at radius 3 is 2.92 bits per heavy atom. The zero-order valence-electron chi connectivity index (χ0n) is 13.7. The van der Waals surface area contributed by atoms with Crippen molar-refractivity contribution in [3.8, 4) is 0 Å². The lowest BCUT2D eigenvalue weighted by Crippen LogP contribution is -2.35. The zero-order chi connectivity index (χ0) is 18.1. The SMILES string of the molecule is CCOC(=O)C1C(C)=NC2=C(C(=O)OC2)[C@@H]1c1cccc([N+](=O)[O-])c1. The summed E-state index contributed by atoms with van der Waals surface area (Å²) in [4.78, 5) is 39.6. The Labute approximate surface area is 143 Å². The summed E-state index contributed by atoms with van der Waals surface area (Å²) in [6, 6.07) is 5.90. The monoisotopic (exact) mass is 344 g/mol. The van der Waals surface area contributed by atoms with Crippen molar-refractivity contribution in [1.82, 2.24) is 0 Å². The third kappa shape index (κ3) is 2.90. The highest BCUT2D eigenvalue weighted by Gasteiger charge is 2.45. The van der Waals surface area contributed by atoms with E-state index in [-0.39, 0.29) is 24.5 Å². The normalized spacial score (nSPS) is 22.2. The van der Waals surface area contributed by atoms with Crippen molar-refractivity contribution in [2.24, 2.45) is 10.9 Å². The van der Waals surface area contributed by atoms with E-state index in [0.29, 0.717) is 17.0 Å². The summed E-state index contributed by atoms with van der Waals surface area (Å²) < 4.78 is 10.2. The smallest absolute Gasteiger partial charge is 0.337 e. The van der Waals surface area contributed by atoms with Gasteiger partial charge < -0.3 is 9.47 Å². The van der Waals surface area contributed by atoms with Crippen LogP contribution in [0.5, 0.6) is 0 Å². The molecule has 0 aromatic heterocycles. The van der Waals surface area contributed by atoms with E-state index in [2.05, 4.69) is 4.99 Å². The van der Waals surface area contributed by atoms with Crippen molar-refractivity contribution in [1.29, 1.82) is 0 Å². The second-order valence-electron chi connectivity index (χ2n) is 5.75. The standard InChI is InChI=1S/C17H16N2O6/c1-3-24-16(20)13-9(2)18-12-8-25-17(21)15(12)14(13)10-5-4-6-11(7-10)19(22)23/h4-7,13-14H,3,8H2,1-2H3/t13?,14-/m1/s1. The number of aliphatic imine (C=N–C) groups is 1. The number of hydrogen-bond donors (Lipinski definition) is 0. The van der Waals surface area contributed by atoms with E-state index in [1.807, 2.05) is 0 Å². The topological polar surface area (TPSA) is 108 Å². The van der Waals surface area contributed by atoms with Crippen LogP contribution in [0.2, 0.25) is 0 Å². The molecule has 3 rings (SSSR count). The molecule has 0 bridgehead atoms. The number of esters is 2. The number of carbonyl (C=O) groups is 2. The third-order valence-corrected chi connectivity index (χ3v) is 4.26. The predicted molar refractivity (Wildman–Crippen MR) is 87.1 cm³/mol. The summed E-state index contributed by atoms with van der Waals surface area (Å²) in [5.41, 5.74) is 1.58. The van der Waals surface area contributed by atoms with Crippen molar-refractivity contribution in [2.45, 2.75) is 19.8 Å². The first-order valence-electron chi connectivity index (χ1n) is 7.80. The van der Waals surface area contributed by atoms with E-state index in [0.717, 1.165) is 0 Å². The first-order valence-corrected chi connectivity index (χ1v) is 7.80. The second kappa shape index (κ2) is 6.46. The molecule has 0 amide bonds. The molecule has 1 aromatic rings. The fourth-order valence-electron chi connectivity index (χ4n) is 3.23. The molecule has 0 aliphatic carbocycles. The maximum absolute atomic E-state index is 12.5. The molecule has 25 heavy (non-hydrogen) atoms. The van der Waals surface area contributed by atoms with E-state index in [4.69, 9.17) is 9.47 Å². The first kappa shape index (κ1) is 16.8. The summed E-state index contributed by atoms with van der Waals surface area (Å²) in [5, 5.41) is 11.1. The van der Waals surface area contributed by atoms with Crippen molar-refractivity contribution in [2.75, 3.05) is 13.2 Å². The van der Waals surface area contributed by atoms with Crippen molar-refractivity contribution in [3.05, 3.63) is 51.2 Å². The summed E-state index contributed by atoms with van der Waals surface area (Å²) >= 11 is 0. The van der Waals surface area contributed by atoms with E-state index < -0.39 is 28.7 Å². The van der Waals surface area contributed by atoms with Gasteiger partial charge in [0.05, 0.1) is 22.8 Å². The van der Waals surface area contributed by atoms with Gasteiger partial charge in [-0.2, -0.15) is 0 Å². The van der Waals surface area contributed by atoms with Crippen molar-refractivity contribution in [3.63, 3.8) is 0 Å². The number of nitro groups is 1. The van der Waals surface area contributed by atoms with Crippen LogP contribution in [0.15, 0.2) is 40.5 Å². The number of ether oxygens (including phenoxy) is 2. The highest BCUT2D eigenvalue weighted by atomic mass is 16.6. The van der Waals surface area contributed by atoms with Crippen LogP contribution >= 0.6 is 0 Å². The molecular formula is C17H16N2O6. The molecule has 2 atom stereocenters. The molecule has 1 aromatic carbocycles. The molecule has 0 N–H and O–H groups in total. The zero-order valence-corrected chi connectivity index (χ0v) is 13.7. The van der Waals surface area contributed by atoms with Crippen LogP contribution in [0.1, 0.15) is 25.3 Å². The molecule has 2 aliphatic heterocycles. The largest absolute Gasteiger partial charge is 0.465 e. The quantitative estimate of drug-likeness (QED) is 0.470. The molecule has 0 radical (unpaired) electrons. The molecule has 8 heteroatoms. The lowest BCUT2D eigenvalue weighted by molar-refractivity contribution is -0.384. The molecular weight excluding hydrogens is 328 g/mol. The summed E-state index contributed by atoms with van der Waals surface area (Å²) in [6.45, 7) is 3.58. The van der Waals surface area contributed by atoms with Gasteiger partial charge >= 0.3 is 11.9 Å². The van der Waals surface area contributed by atoms with Crippen LogP contribution in [0.4, 0.5) is 5.69 Å². The number of nitrogens with zero attached hydrogens (tertiary/aromatic N) is 2. The molecule has 1 unspecified atom stereocenters. The molecule has 0 saturated heterocycles. The Bertz CT molecular complexity index is 826. The average Bonchev–Trinajstić information content (AvgIpc) is 2.94. The number of cyclic esters (lactones) is 1. The van der Waals surface area contributed by atoms with Gasteiger partial charge in [-0.05, 0) is 19.4 Å². The number of non-ortho nitro benzene ring substituents is 1. The summed E-state index contributed by atoms with van der Waals surface area (Å²) in [6.07, 6.45) is 0. The molecule has 8 nitrogen and oxygen atoms in total. The Morgan fingerprint density at radius 2 is 2.24 bits per heavy atom. The lowest BCUT2D eigenvalue weighted by Gasteiger charge is -2.29. The van der Waals surface area contributed by atoms with Gasteiger partial charge in [0, 0.05) is 23.8 Å². The first-order chi connectivity index (χ1) is 11.9. The molecule has 0 fully saturated rings. The van der Waals surface area contributed by atoms with Gasteiger partial charge in [-0.15, -0.1) is 0 Å². The molecule has 2 heterocycles. The maximum atomic E-state index is 12.5. The number of nitro benzene ring substituents is 1. The van der Waals surface area contributed by atoms with E-state index in [9.17, 15) is 19.7 Å². The minimum Gasteiger partial charge on any atom is -0.465 e. The van der Waals surface area contributed by atoms with Crippen LogP contribution in [0.3, 0.4) is 0 Å². The van der Waals surface area contributed by atoms with Crippen LogP contribution in [-0.4, -0.2) is 35.8 Å². The van der Waals surface area contributed by atoms with E-state index >= 15 is 0 Å². The predicted octanol–water partition coefficient (Wildman–Crippen LogP) is 2.14. The minimum atomic E-state index is -0.827. The van der Waals surface area contributed by atoms with E-state index in [1.54, 1.807) is 19.9 Å². The third-order valence-electron chi connectivity index (χ3n) is 4.26. The Morgan fingerprint density at radius 1 is 1.48 bits per heavy atom. The molecule has 2 aliphatic rings. The highest BCUT2D eigenvalue weighted by molar-refractivity contribution is 6.07. The number of rotatable bonds is 4. The molecule has 0 saturated carbocycles. The van der Waals surface area contributed by atoms with Gasteiger partial charge in [-0.3, -0.25) is 19.9 Å². The fraction of sp³-hybridized carbons (Fsp3) is 0.353. The van der Waals surface area contributed by atoms with Gasteiger partial charge in [0.15, 0.2) is 0 Å². The fourth-order valence-corrected chi connectivity index (χ4v) is 3.23. The number of hydrogen-bond acceptors (Lipinski definition) is 7. The minimum absolute atomic E-state index is 0.0342. The van der Waals surface area contributed by atoms with Crippen LogP contribution < -0.4 is 0 Å². The summed E-state index contributed by atoms with van der Waals surface area (Å²) in [5.74, 6) is -2.63. The van der Waals surface area contributed by atoms with Gasteiger partial charge in [0.2, 0.25) is 0 Å². The van der Waals surface area contributed by atoms with Gasteiger partial charge in [-0.25, -0.2) is 4.79 Å². The van der Waals surface area contributed by atoms with Crippen LogP contribution in [-0.2, 0) is 19.1 Å². The average molecular weight is 344 g/mol. The Balaban J connectivity index is 2.15. The van der Waals surface area contributed by atoms with Crippen LogP contribution in [0, 0.1) is 16.0 Å².